The van der Waals surface area contributed by atoms with Crippen molar-refractivity contribution in [3.8, 4) is 0 Å². The van der Waals surface area contributed by atoms with E-state index in [0.29, 0.717) is 0 Å². The lowest BCUT2D eigenvalue weighted by Crippen LogP contribution is -1.63. The fourth-order valence-electron chi connectivity index (χ4n) is 0.996. The highest BCUT2D eigenvalue weighted by Crippen LogP contribution is 2.27. The Morgan fingerprint density at radius 1 is 1.36 bits per heavy atom. The molecule has 0 unspecified atom stereocenters. The van der Waals surface area contributed by atoms with Gasteiger partial charge in [-0.1, -0.05) is 12.1 Å². The Kier molecular flexibility index (Phi) is 1.93. The van der Waals surface area contributed by atoms with Crippen LogP contribution < -0.4 is 0 Å². The van der Waals surface area contributed by atoms with Crippen LogP contribution in [0.1, 0.15) is 0 Å². The minimum absolute atomic E-state index is 0.921. The minimum atomic E-state index is 0.921. The van der Waals surface area contributed by atoms with Crippen molar-refractivity contribution in [1.29, 1.82) is 0 Å². The fraction of sp³-hybridized carbons (Fsp3) is 0. The summed E-state index contributed by atoms with van der Waals surface area (Å²) in [4.78, 5) is 0. The Morgan fingerprint density at radius 3 is 2.91 bits per heavy atom. The number of halogens is 2. The van der Waals surface area contributed by atoms with Crippen molar-refractivity contribution >= 4 is 49.5 Å². The summed E-state index contributed by atoms with van der Waals surface area (Å²) >= 11 is 5.58. The van der Waals surface area contributed by atoms with Crippen LogP contribution in [0.25, 0.3) is 11.0 Å². The molecule has 1 aromatic carbocycles. The van der Waals surface area contributed by atoms with Gasteiger partial charge in [0.1, 0.15) is 5.58 Å². The Balaban J connectivity index is 2.90. The van der Waals surface area contributed by atoms with Gasteiger partial charge in [-0.15, -0.1) is 0 Å². The van der Waals surface area contributed by atoms with Gasteiger partial charge in [-0.05, 0) is 50.7 Å². The van der Waals surface area contributed by atoms with Crippen LogP contribution in [-0.2, 0) is 0 Å². The number of fused-ring (bicyclic) bond motifs is 1. The average molecular weight is 323 g/mol. The highest BCUT2D eigenvalue weighted by Gasteiger charge is 2.02. The topological polar surface area (TPSA) is 13.1 Å². The molecule has 0 bridgehead atoms. The van der Waals surface area contributed by atoms with Crippen LogP contribution in [0.5, 0.6) is 0 Å². The molecular weight excluding hydrogens is 319 g/mol. The second kappa shape index (κ2) is 2.79. The molecule has 3 heteroatoms. The molecule has 11 heavy (non-hydrogen) atoms. The number of rotatable bonds is 0. The van der Waals surface area contributed by atoms with E-state index < -0.39 is 0 Å². The zero-order valence-corrected chi connectivity index (χ0v) is 9.22. The first-order valence-electron chi connectivity index (χ1n) is 3.11. The molecule has 1 aromatic heterocycles. The smallest absolute Gasteiger partial charge is 0.165 e. The minimum Gasteiger partial charge on any atom is -0.449 e. The lowest BCUT2D eigenvalue weighted by molar-refractivity contribution is 0.582. The molecule has 0 N–H and O–H groups in total. The maximum Gasteiger partial charge on any atom is 0.165 e. The Morgan fingerprint density at radius 2 is 2.18 bits per heavy atom. The van der Waals surface area contributed by atoms with Crippen molar-refractivity contribution in [2.75, 3.05) is 0 Å². The molecular formula is C8H4BrIO. The van der Waals surface area contributed by atoms with Crippen molar-refractivity contribution in [2.24, 2.45) is 0 Å². The number of benzene rings is 1. The summed E-state index contributed by atoms with van der Waals surface area (Å²) in [6.07, 6.45) is 0. The predicted octanol–water partition coefficient (Wildman–Crippen LogP) is 3.80. The summed E-state index contributed by atoms with van der Waals surface area (Å²) in [7, 11) is 0. The van der Waals surface area contributed by atoms with Gasteiger partial charge in [0, 0.05) is 5.39 Å². The first-order valence-corrected chi connectivity index (χ1v) is 4.98. The van der Waals surface area contributed by atoms with Crippen LogP contribution in [-0.4, -0.2) is 0 Å². The van der Waals surface area contributed by atoms with Gasteiger partial charge in [0.25, 0.3) is 0 Å². The van der Waals surface area contributed by atoms with E-state index in [9.17, 15) is 0 Å². The van der Waals surface area contributed by atoms with Gasteiger partial charge in [0.05, 0.1) is 4.47 Å². The molecule has 0 aliphatic rings. The first-order chi connectivity index (χ1) is 5.27. The number of hydrogen-bond acceptors (Lipinski definition) is 1. The molecule has 0 atom stereocenters. The summed E-state index contributed by atoms with van der Waals surface area (Å²) in [5, 5.41) is 1.14. The summed E-state index contributed by atoms with van der Waals surface area (Å²) in [6.45, 7) is 0. The van der Waals surface area contributed by atoms with Crippen molar-refractivity contribution in [1.82, 2.24) is 0 Å². The summed E-state index contributed by atoms with van der Waals surface area (Å²) in [5.74, 6) is 0. The largest absolute Gasteiger partial charge is 0.449 e. The second-order valence-electron chi connectivity index (χ2n) is 2.21. The summed E-state index contributed by atoms with van der Waals surface area (Å²) in [5.41, 5.74) is 0.928. The molecule has 1 nitrogen and oxygen atoms in total. The molecule has 0 aliphatic carbocycles. The third-order valence-corrected chi connectivity index (χ3v) is 2.62. The van der Waals surface area contributed by atoms with Crippen LogP contribution in [0.15, 0.2) is 33.2 Å². The van der Waals surface area contributed by atoms with E-state index in [0.717, 1.165) is 19.2 Å². The molecule has 0 aliphatic heterocycles. The van der Waals surface area contributed by atoms with E-state index in [-0.39, 0.29) is 0 Å². The van der Waals surface area contributed by atoms with Crippen LogP contribution in [0.2, 0.25) is 0 Å². The van der Waals surface area contributed by atoms with Gasteiger partial charge in [0.2, 0.25) is 0 Å². The van der Waals surface area contributed by atoms with E-state index in [1.54, 1.807) is 0 Å². The SMILES string of the molecule is Brc1cccc2cc(I)oc12. The van der Waals surface area contributed by atoms with Crippen molar-refractivity contribution < 1.29 is 4.42 Å². The van der Waals surface area contributed by atoms with E-state index in [4.69, 9.17) is 4.42 Å². The standard InChI is InChI=1S/C8H4BrIO/c9-6-3-1-2-5-4-7(10)11-8(5)6/h1-4H. The second-order valence-corrected chi connectivity index (χ2v) is 4.13. The van der Waals surface area contributed by atoms with E-state index in [1.165, 1.54) is 0 Å². The summed E-state index contributed by atoms with van der Waals surface area (Å²) < 4.78 is 7.37. The van der Waals surface area contributed by atoms with Crippen LogP contribution in [0.4, 0.5) is 0 Å². The molecule has 0 spiro atoms. The van der Waals surface area contributed by atoms with Crippen LogP contribution >= 0.6 is 38.5 Å². The Labute approximate surface area is 86.0 Å². The van der Waals surface area contributed by atoms with Crippen molar-refractivity contribution in [3.63, 3.8) is 0 Å². The monoisotopic (exact) mass is 322 g/mol. The molecule has 0 fully saturated rings. The van der Waals surface area contributed by atoms with Gasteiger partial charge in [0.15, 0.2) is 3.77 Å². The number of hydrogen-bond donors (Lipinski definition) is 0. The van der Waals surface area contributed by atoms with Gasteiger partial charge in [-0.25, -0.2) is 0 Å². The molecule has 1 heterocycles. The fourth-order valence-corrected chi connectivity index (χ4v) is 2.01. The highest BCUT2D eigenvalue weighted by atomic mass is 127. The average Bonchev–Trinajstić information content (AvgIpc) is 2.31. The Hall–Kier alpha value is -0.0300. The van der Waals surface area contributed by atoms with Gasteiger partial charge < -0.3 is 4.42 Å². The highest BCUT2D eigenvalue weighted by molar-refractivity contribution is 14.1. The Bertz CT molecular complexity index is 394. The lowest BCUT2D eigenvalue weighted by Gasteiger charge is -1.88. The third-order valence-electron chi connectivity index (χ3n) is 1.47. The van der Waals surface area contributed by atoms with Crippen LogP contribution in [0, 0.1) is 3.77 Å². The quantitative estimate of drug-likeness (QED) is 0.672. The predicted molar refractivity (Wildman–Crippen MR) is 56.6 cm³/mol. The molecule has 0 saturated carbocycles. The van der Waals surface area contributed by atoms with Gasteiger partial charge in [-0.3, -0.25) is 0 Å². The summed E-state index contributed by atoms with van der Waals surface area (Å²) in [6, 6.07) is 8.02. The van der Waals surface area contributed by atoms with Crippen molar-refractivity contribution in [3.05, 3.63) is 32.5 Å². The molecule has 2 rings (SSSR count). The zero-order valence-electron chi connectivity index (χ0n) is 5.47. The van der Waals surface area contributed by atoms with E-state index >= 15 is 0 Å². The molecule has 56 valence electrons. The third kappa shape index (κ3) is 1.31. The maximum absolute atomic E-state index is 5.44. The molecule has 2 aromatic rings. The lowest BCUT2D eigenvalue weighted by atomic mass is 10.3. The molecule has 0 radical (unpaired) electrons. The molecule has 0 saturated heterocycles. The maximum atomic E-state index is 5.44. The zero-order chi connectivity index (χ0) is 7.84. The number of para-hydroxylation sites is 1. The molecule has 0 amide bonds. The van der Waals surface area contributed by atoms with E-state index in [1.807, 2.05) is 24.3 Å². The normalized spacial score (nSPS) is 10.7. The van der Waals surface area contributed by atoms with Crippen LogP contribution in [0.3, 0.4) is 0 Å². The van der Waals surface area contributed by atoms with E-state index in [2.05, 4.69) is 38.5 Å². The van der Waals surface area contributed by atoms with Gasteiger partial charge >= 0.3 is 0 Å². The number of furan rings is 1. The van der Waals surface area contributed by atoms with Gasteiger partial charge in [-0.2, -0.15) is 0 Å². The van der Waals surface area contributed by atoms with Crippen molar-refractivity contribution in [2.45, 2.75) is 0 Å². The first kappa shape index (κ1) is 7.61.